The summed E-state index contributed by atoms with van der Waals surface area (Å²) in [5.41, 5.74) is 1.56. The number of halogens is 1. The third kappa shape index (κ3) is 2.27. The van der Waals surface area contributed by atoms with Crippen LogP contribution in [-0.4, -0.2) is 15.6 Å². The minimum Gasteiger partial charge on any atom is -0.299 e. The third-order valence-electron chi connectivity index (χ3n) is 3.01. The van der Waals surface area contributed by atoms with E-state index in [9.17, 15) is 9.59 Å². The Labute approximate surface area is 115 Å². The van der Waals surface area contributed by atoms with Gasteiger partial charge in [0, 0.05) is 12.7 Å². The molecule has 0 aliphatic carbocycles. The molecule has 98 valence electrons. The van der Waals surface area contributed by atoms with Gasteiger partial charge in [-0.1, -0.05) is 29.8 Å². The van der Waals surface area contributed by atoms with Crippen molar-refractivity contribution < 1.29 is 4.79 Å². The Morgan fingerprint density at radius 3 is 2.47 bits per heavy atom. The lowest BCUT2D eigenvalue weighted by Crippen LogP contribution is -2.20. The topological polar surface area (TPSA) is 44.0 Å². The smallest absolute Gasteiger partial charge is 0.280 e. The van der Waals surface area contributed by atoms with E-state index < -0.39 is 0 Å². The van der Waals surface area contributed by atoms with Crippen LogP contribution in [-0.2, 0) is 11.8 Å². The number of allylic oxidation sites excluding steroid dienone is 1. The number of hydrogen-bond donors (Lipinski definition) is 0. The van der Waals surface area contributed by atoms with Crippen molar-refractivity contribution in [2.75, 3.05) is 0 Å². The number of benzene rings is 1. The van der Waals surface area contributed by atoms with Gasteiger partial charge in [0.1, 0.15) is 6.29 Å². The van der Waals surface area contributed by atoms with Gasteiger partial charge in [-0.3, -0.25) is 14.3 Å². The molecule has 0 amide bonds. The van der Waals surface area contributed by atoms with Crippen LogP contribution in [0.25, 0.3) is 10.7 Å². The fraction of sp³-hybridized carbons (Fsp3) is 0.143. The predicted molar refractivity (Wildman–Crippen MR) is 75.6 cm³/mol. The van der Waals surface area contributed by atoms with E-state index in [1.54, 1.807) is 18.7 Å². The van der Waals surface area contributed by atoms with Crippen molar-refractivity contribution >= 4 is 22.9 Å². The van der Waals surface area contributed by atoms with Crippen LogP contribution in [0.4, 0.5) is 0 Å². The fourth-order valence-electron chi connectivity index (χ4n) is 1.99. The van der Waals surface area contributed by atoms with Gasteiger partial charge in [0.05, 0.1) is 16.3 Å². The summed E-state index contributed by atoms with van der Waals surface area (Å²) >= 11 is 5.99. The van der Waals surface area contributed by atoms with Gasteiger partial charge in [-0.05, 0) is 25.1 Å². The molecule has 0 aliphatic rings. The van der Waals surface area contributed by atoms with Gasteiger partial charge in [0.2, 0.25) is 0 Å². The molecule has 2 rings (SSSR count). The van der Waals surface area contributed by atoms with E-state index in [0.717, 1.165) is 5.69 Å². The van der Waals surface area contributed by atoms with Crippen LogP contribution in [0.15, 0.2) is 41.2 Å². The first-order valence-electron chi connectivity index (χ1n) is 5.73. The van der Waals surface area contributed by atoms with Crippen molar-refractivity contribution in [1.82, 2.24) is 9.36 Å². The summed E-state index contributed by atoms with van der Waals surface area (Å²) in [6, 6.07) is 9.26. The molecule has 1 aromatic carbocycles. The van der Waals surface area contributed by atoms with Gasteiger partial charge < -0.3 is 0 Å². The number of nitrogens with zero attached hydrogens (tertiary/aromatic N) is 2. The molecule has 0 spiro atoms. The van der Waals surface area contributed by atoms with E-state index in [2.05, 4.69) is 0 Å². The normalized spacial score (nSPS) is 11.6. The molecule has 0 saturated heterocycles. The molecule has 0 bridgehead atoms. The number of aromatic nitrogens is 2. The molecule has 0 unspecified atom stereocenters. The molecule has 0 N–H and O–H groups in total. The van der Waals surface area contributed by atoms with Crippen LogP contribution in [0.2, 0.25) is 0 Å². The lowest BCUT2D eigenvalue weighted by Gasteiger charge is -2.07. The molecule has 1 aromatic heterocycles. The highest BCUT2D eigenvalue weighted by molar-refractivity contribution is 6.49. The zero-order chi connectivity index (χ0) is 14.0. The van der Waals surface area contributed by atoms with Crippen LogP contribution in [0.1, 0.15) is 11.3 Å². The van der Waals surface area contributed by atoms with E-state index in [1.807, 2.05) is 30.3 Å². The van der Waals surface area contributed by atoms with Gasteiger partial charge in [0.25, 0.3) is 5.56 Å². The van der Waals surface area contributed by atoms with Crippen molar-refractivity contribution in [3.63, 3.8) is 0 Å². The van der Waals surface area contributed by atoms with Crippen LogP contribution in [0.3, 0.4) is 0 Å². The Hall–Kier alpha value is -2.07. The molecule has 0 fully saturated rings. The maximum absolute atomic E-state index is 12.4. The van der Waals surface area contributed by atoms with E-state index >= 15 is 0 Å². The highest BCUT2D eigenvalue weighted by atomic mass is 35.5. The molecule has 0 aliphatic heterocycles. The first-order valence-corrected chi connectivity index (χ1v) is 6.11. The predicted octanol–water partition coefficient (Wildman–Crippen LogP) is 2.26. The largest absolute Gasteiger partial charge is 0.299 e. The van der Waals surface area contributed by atoms with E-state index in [0.29, 0.717) is 17.5 Å². The number of aldehydes is 1. The second-order valence-electron chi connectivity index (χ2n) is 4.09. The first kappa shape index (κ1) is 13.4. The molecule has 0 saturated carbocycles. The zero-order valence-electron chi connectivity index (χ0n) is 10.6. The van der Waals surface area contributed by atoms with Crippen molar-refractivity contribution in [3.05, 3.63) is 58.0 Å². The molecule has 0 atom stereocenters. The second-order valence-corrected chi connectivity index (χ2v) is 4.49. The average Bonchev–Trinajstić information content (AvgIpc) is 2.62. The lowest BCUT2D eigenvalue weighted by atomic mass is 10.2. The maximum atomic E-state index is 12.4. The summed E-state index contributed by atoms with van der Waals surface area (Å²) in [6.07, 6.45) is 1.75. The maximum Gasteiger partial charge on any atom is 0.280 e. The highest BCUT2D eigenvalue weighted by Gasteiger charge is 2.17. The summed E-state index contributed by atoms with van der Waals surface area (Å²) < 4.78 is 3.24. The summed E-state index contributed by atoms with van der Waals surface area (Å²) in [4.78, 5) is 22.9. The third-order valence-corrected chi connectivity index (χ3v) is 3.32. The van der Waals surface area contributed by atoms with Crippen molar-refractivity contribution in [2.24, 2.45) is 7.05 Å². The number of hydrogen-bond acceptors (Lipinski definition) is 2. The summed E-state index contributed by atoms with van der Waals surface area (Å²) in [7, 11) is 1.78. The molecule has 2 aromatic rings. The van der Waals surface area contributed by atoms with Gasteiger partial charge in [-0.25, -0.2) is 4.68 Å². The van der Waals surface area contributed by atoms with Crippen molar-refractivity contribution in [3.8, 4) is 5.69 Å². The van der Waals surface area contributed by atoms with Gasteiger partial charge in [-0.15, -0.1) is 0 Å². The average molecular weight is 277 g/mol. The molecule has 5 heteroatoms. The Balaban J connectivity index is 2.73. The molecule has 0 radical (unpaired) electrons. The molecule has 4 nitrogen and oxygen atoms in total. The van der Waals surface area contributed by atoms with E-state index in [4.69, 9.17) is 11.6 Å². The Morgan fingerprint density at radius 2 is 1.89 bits per heavy atom. The number of para-hydroxylation sites is 1. The summed E-state index contributed by atoms with van der Waals surface area (Å²) in [5.74, 6) is 0. The summed E-state index contributed by atoms with van der Waals surface area (Å²) in [6.45, 7) is 1.79. The van der Waals surface area contributed by atoms with Crippen molar-refractivity contribution in [1.29, 1.82) is 0 Å². The Morgan fingerprint density at radius 1 is 1.26 bits per heavy atom. The monoisotopic (exact) mass is 276 g/mol. The lowest BCUT2D eigenvalue weighted by molar-refractivity contribution is -0.104. The van der Waals surface area contributed by atoms with Gasteiger partial charge >= 0.3 is 0 Å². The van der Waals surface area contributed by atoms with Gasteiger partial charge in [-0.2, -0.15) is 0 Å². The van der Waals surface area contributed by atoms with Gasteiger partial charge in [0.15, 0.2) is 0 Å². The zero-order valence-corrected chi connectivity index (χ0v) is 11.4. The molecular weight excluding hydrogens is 264 g/mol. The van der Waals surface area contributed by atoms with Crippen LogP contribution < -0.4 is 5.56 Å². The number of rotatable bonds is 3. The van der Waals surface area contributed by atoms with E-state index in [1.165, 1.54) is 10.8 Å². The Kier molecular flexibility index (Phi) is 3.71. The SMILES string of the molecule is Cc1c(/C(Cl)=C/C=O)c(=O)n(-c2ccccc2)n1C. The number of carbonyl (C=O) groups is 1. The summed E-state index contributed by atoms with van der Waals surface area (Å²) in [5, 5.41) is 0.155. The number of carbonyl (C=O) groups excluding carboxylic acids is 1. The Bertz CT molecular complexity index is 696. The highest BCUT2D eigenvalue weighted by Crippen LogP contribution is 2.20. The first-order chi connectivity index (χ1) is 9.07. The fourth-order valence-corrected chi connectivity index (χ4v) is 2.26. The minimum atomic E-state index is -0.241. The van der Waals surface area contributed by atoms with Crippen LogP contribution >= 0.6 is 11.6 Å². The molecule has 1 heterocycles. The van der Waals surface area contributed by atoms with E-state index in [-0.39, 0.29) is 10.6 Å². The standard InChI is InChI=1S/C14H13ClN2O2/c1-10-13(12(15)8-9-18)14(19)17(16(10)2)11-6-4-3-5-7-11/h3-9H,1-2H3/b12-8-. The van der Waals surface area contributed by atoms with Crippen LogP contribution in [0, 0.1) is 6.92 Å². The molecular formula is C14H13ClN2O2. The second kappa shape index (κ2) is 5.28. The van der Waals surface area contributed by atoms with Crippen molar-refractivity contribution in [2.45, 2.75) is 6.92 Å². The quantitative estimate of drug-likeness (QED) is 0.638. The van der Waals surface area contributed by atoms with Crippen LogP contribution in [0.5, 0.6) is 0 Å². The minimum absolute atomic E-state index is 0.155. The molecule has 19 heavy (non-hydrogen) atoms.